The second-order valence-corrected chi connectivity index (χ2v) is 8.78. The Morgan fingerprint density at radius 2 is 1.66 bits per heavy atom. The highest BCUT2D eigenvalue weighted by Gasteiger charge is 2.02. The fourth-order valence-corrected chi connectivity index (χ4v) is 3.57. The zero-order valence-corrected chi connectivity index (χ0v) is 20.6. The van der Waals surface area contributed by atoms with Crippen LogP contribution in [0.25, 0.3) is 0 Å². The Morgan fingerprint density at radius 1 is 1.00 bits per heavy atom. The molecule has 0 aliphatic carbocycles. The maximum Gasteiger partial charge on any atom is 0.305 e. The molecule has 3 aromatic rings. The number of rotatable bonds is 9. The van der Waals surface area contributed by atoms with Crippen LogP contribution in [0.1, 0.15) is 47.0 Å². The molecule has 0 aliphatic heterocycles. The Morgan fingerprint density at radius 3 is 2.22 bits per heavy atom. The molecule has 0 fully saturated rings. The van der Waals surface area contributed by atoms with Crippen LogP contribution in [0.3, 0.4) is 0 Å². The zero-order chi connectivity index (χ0) is 23.3. The first-order valence-electron chi connectivity index (χ1n) is 10.9. The van der Waals surface area contributed by atoms with Crippen molar-refractivity contribution in [1.82, 2.24) is 4.98 Å². The number of esters is 1. The predicted molar refractivity (Wildman–Crippen MR) is 133 cm³/mol. The molecule has 0 aliphatic rings. The Hall–Kier alpha value is -2.86. The van der Waals surface area contributed by atoms with Crippen molar-refractivity contribution in [2.45, 2.75) is 53.6 Å². The lowest BCUT2D eigenvalue weighted by Crippen LogP contribution is -2.01. The van der Waals surface area contributed by atoms with Crippen molar-refractivity contribution < 1.29 is 14.3 Å². The molecular weight excluding hydrogens is 420 g/mol. The summed E-state index contributed by atoms with van der Waals surface area (Å²) in [6.45, 7) is 9.94. The molecule has 6 heteroatoms. The van der Waals surface area contributed by atoms with Crippen LogP contribution in [-0.2, 0) is 22.6 Å². The minimum absolute atomic E-state index is 0.185. The van der Waals surface area contributed by atoms with Gasteiger partial charge < -0.3 is 14.8 Å². The average Bonchev–Trinajstić information content (AvgIpc) is 3.13. The van der Waals surface area contributed by atoms with Gasteiger partial charge in [0.15, 0.2) is 5.13 Å². The molecule has 0 saturated heterocycles. The highest BCUT2D eigenvalue weighted by molar-refractivity contribution is 7.15. The number of carbonyl (C=O) groups is 1. The van der Waals surface area contributed by atoms with E-state index >= 15 is 0 Å². The minimum Gasteiger partial charge on any atom is -0.489 e. The molecule has 0 bridgehead atoms. The van der Waals surface area contributed by atoms with E-state index in [0.717, 1.165) is 40.7 Å². The lowest BCUT2D eigenvalue weighted by Gasteiger charge is -2.07. The van der Waals surface area contributed by atoms with Crippen LogP contribution in [0.5, 0.6) is 5.75 Å². The SMILES string of the molecule is CCCNc1nc(C)c(C)s1.COC(=O)CCc1ccc(OCc2ccc(C)cc2)cc1. The highest BCUT2D eigenvalue weighted by atomic mass is 32.1. The molecule has 2 aromatic carbocycles. The third-order valence-electron chi connectivity index (χ3n) is 4.85. The van der Waals surface area contributed by atoms with E-state index in [4.69, 9.17) is 4.74 Å². The Kier molecular flexibility index (Phi) is 10.7. The van der Waals surface area contributed by atoms with Crippen molar-refractivity contribution in [2.75, 3.05) is 19.0 Å². The number of carbonyl (C=O) groups excluding carboxylic acids is 1. The van der Waals surface area contributed by atoms with Gasteiger partial charge in [-0.15, -0.1) is 11.3 Å². The number of aryl methyl sites for hydroxylation is 4. The van der Waals surface area contributed by atoms with Crippen molar-refractivity contribution in [1.29, 1.82) is 0 Å². The number of hydrogen-bond acceptors (Lipinski definition) is 6. The van der Waals surface area contributed by atoms with E-state index in [1.54, 1.807) is 11.3 Å². The normalized spacial score (nSPS) is 10.2. The second kappa shape index (κ2) is 13.5. The summed E-state index contributed by atoms with van der Waals surface area (Å²) < 4.78 is 10.4. The fourth-order valence-electron chi connectivity index (χ4n) is 2.73. The zero-order valence-electron chi connectivity index (χ0n) is 19.7. The molecule has 0 amide bonds. The number of nitrogens with one attached hydrogen (secondary N) is 1. The third-order valence-corrected chi connectivity index (χ3v) is 5.88. The Bertz CT molecular complexity index is 931. The molecule has 0 atom stereocenters. The number of thiazole rings is 1. The van der Waals surface area contributed by atoms with Crippen LogP contribution >= 0.6 is 11.3 Å². The molecule has 5 nitrogen and oxygen atoms in total. The largest absolute Gasteiger partial charge is 0.489 e. The summed E-state index contributed by atoms with van der Waals surface area (Å²) in [6, 6.07) is 16.1. The van der Waals surface area contributed by atoms with Gasteiger partial charge in [-0.05, 0) is 56.9 Å². The lowest BCUT2D eigenvalue weighted by atomic mass is 10.1. The van der Waals surface area contributed by atoms with E-state index in [-0.39, 0.29) is 5.97 Å². The summed E-state index contributed by atoms with van der Waals surface area (Å²) in [5.41, 5.74) is 4.64. The first kappa shape index (κ1) is 25.4. The van der Waals surface area contributed by atoms with Crippen LogP contribution in [0, 0.1) is 20.8 Å². The van der Waals surface area contributed by atoms with Crippen molar-refractivity contribution in [2.24, 2.45) is 0 Å². The summed E-state index contributed by atoms with van der Waals surface area (Å²) in [5, 5.41) is 4.32. The summed E-state index contributed by atoms with van der Waals surface area (Å²) in [4.78, 5) is 16.8. The molecule has 3 rings (SSSR count). The van der Waals surface area contributed by atoms with Crippen LogP contribution in [0.15, 0.2) is 48.5 Å². The molecule has 1 N–H and O–H groups in total. The monoisotopic (exact) mass is 454 g/mol. The Labute approximate surface area is 195 Å². The predicted octanol–water partition coefficient (Wildman–Crippen LogP) is 6.26. The maximum atomic E-state index is 11.1. The van der Waals surface area contributed by atoms with Crippen molar-refractivity contribution in [3.05, 3.63) is 75.8 Å². The van der Waals surface area contributed by atoms with E-state index in [1.165, 1.54) is 17.6 Å². The van der Waals surface area contributed by atoms with Gasteiger partial charge in [-0.1, -0.05) is 48.9 Å². The van der Waals surface area contributed by atoms with Gasteiger partial charge in [0.1, 0.15) is 12.4 Å². The molecule has 172 valence electrons. The second-order valence-electron chi connectivity index (χ2n) is 7.58. The highest BCUT2D eigenvalue weighted by Crippen LogP contribution is 2.20. The molecule has 0 saturated carbocycles. The maximum absolute atomic E-state index is 11.1. The molecule has 0 spiro atoms. The molecule has 1 heterocycles. The summed E-state index contributed by atoms with van der Waals surface area (Å²) in [7, 11) is 1.41. The van der Waals surface area contributed by atoms with E-state index in [2.05, 4.69) is 60.1 Å². The number of aromatic nitrogens is 1. The van der Waals surface area contributed by atoms with Crippen LogP contribution in [-0.4, -0.2) is 24.6 Å². The van der Waals surface area contributed by atoms with Gasteiger partial charge in [0.25, 0.3) is 0 Å². The van der Waals surface area contributed by atoms with Gasteiger partial charge in [-0.25, -0.2) is 4.98 Å². The quantitative estimate of drug-likeness (QED) is 0.387. The van der Waals surface area contributed by atoms with Crippen molar-refractivity contribution in [3.63, 3.8) is 0 Å². The first-order valence-corrected chi connectivity index (χ1v) is 11.7. The Balaban J connectivity index is 0.000000278. The van der Waals surface area contributed by atoms with E-state index < -0.39 is 0 Å². The van der Waals surface area contributed by atoms with Crippen molar-refractivity contribution >= 4 is 22.4 Å². The number of hydrogen-bond donors (Lipinski definition) is 1. The van der Waals surface area contributed by atoms with Crippen LogP contribution in [0.2, 0.25) is 0 Å². The smallest absolute Gasteiger partial charge is 0.305 e. The summed E-state index contributed by atoms with van der Waals surface area (Å²) in [6.07, 6.45) is 2.24. The number of nitrogens with zero attached hydrogens (tertiary/aromatic N) is 1. The van der Waals surface area contributed by atoms with E-state index in [0.29, 0.717) is 19.4 Å². The van der Waals surface area contributed by atoms with E-state index in [1.807, 2.05) is 31.2 Å². The molecular formula is C26H34N2O3S. The fraction of sp³-hybridized carbons (Fsp3) is 0.385. The van der Waals surface area contributed by atoms with Gasteiger partial charge >= 0.3 is 5.97 Å². The summed E-state index contributed by atoms with van der Waals surface area (Å²) in [5.74, 6) is 0.645. The average molecular weight is 455 g/mol. The van der Waals surface area contributed by atoms with Gasteiger partial charge in [0.05, 0.1) is 12.8 Å². The topological polar surface area (TPSA) is 60.5 Å². The van der Waals surface area contributed by atoms with Gasteiger partial charge in [-0.2, -0.15) is 0 Å². The minimum atomic E-state index is -0.185. The third kappa shape index (κ3) is 9.10. The van der Waals surface area contributed by atoms with Crippen LogP contribution in [0.4, 0.5) is 5.13 Å². The standard InChI is InChI=1S/C18H20O3.C8H14N2S/c1-14-3-5-16(6-4-14)13-21-17-10-7-15(8-11-17)9-12-18(19)20-2;1-4-5-9-8-10-6(2)7(3)11-8/h3-8,10-11H,9,12-13H2,1-2H3;4-5H2,1-3H3,(H,9,10). The van der Waals surface area contributed by atoms with Gasteiger partial charge in [-0.3, -0.25) is 4.79 Å². The number of methoxy groups -OCH3 is 1. The molecule has 0 radical (unpaired) electrons. The lowest BCUT2D eigenvalue weighted by molar-refractivity contribution is -0.140. The van der Waals surface area contributed by atoms with Crippen molar-refractivity contribution in [3.8, 4) is 5.75 Å². The molecule has 0 unspecified atom stereocenters. The van der Waals surface area contributed by atoms with Crippen LogP contribution < -0.4 is 10.1 Å². The summed E-state index contributed by atoms with van der Waals surface area (Å²) >= 11 is 1.73. The van der Waals surface area contributed by atoms with E-state index in [9.17, 15) is 4.79 Å². The van der Waals surface area contributed by atoms with Gasteiger partial charge in [0, 0.05) is 17.8 Å². The van der Waals surface area contributed by atoms with Gasteiger partial charge in [0.2, 0.25) is 0 Å². The molecule has 1 aromatic heterocycles. The number of anilines is 1. The number of benzene rings is 2. The number of ether oxygens (including phenoxy) is 2. The molecule has 32 heavy (non-hydrogen) atoms. The first-order chi connectivity index (χ1) is 15.4.